The standard InChI is InChI=1S/C11H13NO6/c13-7-8-6-9(3-4-10(8)12(16)17)18-5-1-2-11(14)15/h3-4,7,9H,1-2,5-6H2,(H,14,15). The van der Waals surface area contributed by atoms with Crippen LogP contribution >= 0.6 is 0 Å². The molecule has 0 saturated heterocycles. The molecule has 0 spiro atoms. The maximum Gasteiger partial charge on any atom is 0.303 e. The molecule has 1 unspecified atom stereocenters. The second-order valence-corrected chi connectivity index (χ2v) is 3.76. The molecule has 1 N–H and O–H groups in total. The smallest absolute Gasteiger partial charge is 0.303 e. The minimum atomic E-state index is -0.901. The van der Waals surface area contributed by atoms with Crippen molar-refractivity contribution in [1.82, 2.24) is 0 Å². The number of carbonyl (C=O) groups is 2. The lowest BCUT2D eigenvalue weighted by Gasteiger charge is -2.16. The number of carbonyl (C=O) groups excluding carboxylic acids is 1. The van der Waals surface area contributed by atoms with Crippen molar-refractivity contribution in [2.24, 2.45) is 0 Å². The van der Waals surface area contributed by atoms with E-state index >= 15 is 0 Å². The Balaban J connectivity index is 2.46. The lowest BCUT2D eigenvalue weighted by Crippen LogP contribution is -2.18. The molecule has 7 heteroatoms. The number of allylic oxidation sites excluding steroid dienone is 1. The Morgan fingerprint density at radius 1 is 1.67 bits per heavy atom. The summed E-state index contributed by atoms with van der Waals surface area (Å²) in [6.45, 7) is 0.237. The van der Waals surface area contributed by atoms with Crippen LogP contribution in [0.5, 0.6) is 0 Å². The third-order valence-electron chi connectivity index (χ3n) is 2.42. The normalized spacial score (nSPS) is 18.8. The first-order chi connectivity index (χ1) is 8.54. The molecule has 0 aromatic rings. The Hall–Kier alpha value is -2.02. The predicted molar refractivity (Wildman–Crippen MR) is 60.5 cm³/mol. The van der Waals surface area contributed by atoms with Gasteiger partial charge in [0.05, 0.1) is 16.6 Å². The van der Waals surface area contributed by atoms with Gasteiger partial charge in [-0.05, 0) is 12.5 Å². The van der Waals surface area contributed by atoms with Crippen LogP contribution in [0.1, 0.15) is 19.3 Å². The minimum absolute atomic E-state index is 0.00690. The Morgan fingerprint density at radius 2 is 2.39 bits per heavy atom. The fraction of sp³-hybridized carbons (Fsp3) is 0.455. The summed E-state index contributed by atoms with van der Waals surface area (Å²) in [6.07, 6.45) is 3.30. The highest BCUT2D eigenvalue weighted by Gasteiger charge is 2.23. The van der Waals surface area contributed by atoms with Crippen molar-refractivity contribution in [3.8, 4) is 0 Å². The molecule has 0 amide bonds. The molecule has 0 radical (unpaired) electrons. The molecule has 1 aliphatic rings. The van der Waals surface area contributed by atoms with Crippen molar-refractivity contribution in [2.75, 3.05) is 6.61 Å². The summed E-state index contributed by atoms with van der Waals surface area (Å²) in [6, 6.07) is 0. The first-order valence-electron chi connectivity index (χ1n) is 5.39. The molecule has 0 aromatic carbocycles. The van der Waals surface area contributed by atoms with Gasteiger partial charge >= 0.3 is 5.97 Å². The molecular formula is C11H13NO6. The van der Waals surface area contributed by atoms with Crippen LogP contribution in [0, 0.1) is 10.1 Å². The van der Waals surface area contributed by atoms with E-state index in [-0.39, 0.29) is 30.7 Å². The average molecular weight is 255 g/mol. The van der Waals surface area contributed by atoms with Gasteiger partial charge in [0.15, 0.2) is 6.29 Å². The Bertz CT molecular complexity index is 412. The SMILES string of the molecule is O=CC1=C([N+](=O)[O-])C=CC(OCCCC(=O)O)C1. The van der Waals surface area contributed by atoms with E-state index in [9.17, 15) is 19.7 Å². The van der Waals surface area contributed by atoms with Gasteiger partial charge in [-0.1, -0.05) is 0 Å². The van der Waals surface area contributed by atoms with Gasteiger partial charge in [-0.15, -0.1) is 0 Å². The highest BCUT2D eigenvalue weighted by atomic mass is 16.6. The van der Waals surface area contributed by atoms with E-state index in [1.807, 2.05) is 0 Å². The maximum absolute atomic E-state index is 10.7. The first-order valence-corrected chi connectivity index (χ1v) is 5.39. The predicted octanol–water partition coefficient (Wildman–Crippen LogP) is 0.926. The van der Waals surface area contributed by atoms with Crippen LogP contribution in [0.2, 0.25) is 0 Å². The van der Waals surface area contributed by atoms with Gasteiger partial charge in [-0.3, -0.25) is 19.7 Å². The van der Waals surface area contributed by atoms with E-state index < -0.39 is 17.0 Å². The summed E-state index contributed by atoms with van der Waals surface area (Å²) in [4.78, 5) is 31.0. The number of hydrogen-bond donors (Lipinski definition) is 1. The summed E-state index contributed by atoms with van der Waals surface area (Å²) in [5, 5.41) is 19.0. The molecule has 0 heterocycles. The highest BCUT2D eigenvalue weighted by molar-refractivity contribution is 5.75. The van der Waals surface area contributed by atoms with Gasteiger partial charge in [0.2, 0.25) is 0 Å². The summed E-state index contributed by atoms with van der Waals surface area (Å²) in [7, 11) is 0. The number of nitro groups is 1. The quantitative estimate of drug-likeness (QED) is 0.314. The third kappa shape index (κ3) is 4.10. The number of carboxylic acids is 1. The minimum Gasteiger partial charge on any atom is -0.481 e. The van der Waals surface area contributed by atoms with Crippen LogP contribution < -0.4 is 0 Å². The molecule has 18 heavy (non-hydrogen) atoms. The Kier molecular flexibility index (Phi) is 5.19. The first kappa shape index (κ1) is 14.0. The van der Waals surface area contributed by atoms with E-state index in [2.05, 4.69) is 0 Å². The summed E-state index contributed by atoms with van der Waals surface area (Å²) < 4.78 is 5.33. The number of hydrogen-bond acceptors (Lipinski definition) is 5. The lowest BCUT2D eigenvalue weighted by molar-refractivity contribution is -0.420. The van der Waals surface area contributed by atoms with Crippen molar-refractivity contribution < 1.29 is 24.4 Å². The van der Waals surface area contributed by atoms with E-state index in [1.54, 1.807) is 0 Å². The fourth-order valence-electron chi connectivity index (χ4n) is 1.55. The van der Waals surface area contributed by atoms with Crippen LogP contribution in [0.15, 0.2) is 23.4 Å². The Morgan fingerprint density at radius 3 is 2.94 bits per heavy atom. The van der Waals surface area contributed by atoms with Crippen LogP contribution in [-0.4, -0.2) is 35.0 Å². The highest BCUT2D eigenvalue weighted by Crippen LogP contribution is 2.20. The number of nitrogens with zero attached hydrogens (tertiary/aromatic N) is 1. The molecule has 98 valence electrons. The molecule has 1 rings (SSSR count). The van der Waals surface area contributed by atoms with Crippen molar-refractivity contribution in [3.05, 3.63) is 33.5 Å². The second kappa shape index (κ2) is 6.65. The molecule has 0 aliphatic heterocycles. The number of carboxylic acid groups (broad SMARTS) is 1. The zero-order valence-corrected chi connectivity index (χ0v) is 9.57. The number of rotatable bonds is 7. The van der Waals surface area contributed by atoms with Crippen molar-refractivity contribution in [3.63, 3.8) is 0 Å². The molecule has 0 aromatic heterocycles. The maximum atomic E-state index is 10.7. The third-order valence-corrected chi connectivity index (χ3v) is 2.42. The zero-order chi connectivity index (χ0) is 13.5. The molecule has 0 saturated carbocycles. The summed E-state index contributed by atoms with van der Waals surface area (Å²) in [5.41, 5.74) is -0.124. The van der Waals surface area contributed by atoms with Gasteiger partial charge in [-0.2, -0.15) is 0 Å². The molecule has 1 aliphatic carbocycles. The van der Waals surface area contributed by atoms with Gasteiger partial charge < -0.3 is 9.84 Å². The van der Waals surface area contributed by atoms with Crippen LogP contribution in [0.25, 0.3) is 0 Å². The second-order valence-electron chi connectivity index (χ2n) is 3.76. The topological polar surface area (TPSA) is 107 Å². The van der Waals surface area contributed by atoms with E-state index in [4.69, 9.17) is 9.84 Å². The zero-order valence-electron chi connectivity index (χ0n) is 9.57. The number of aliphatic carboxylic acids is 1. The van der Waals surface area contributed by atoms with E-state index in [0.29, 0.717) is 12.7 Å². The molecule has 7 nitrogen and oxygen atoms in total. The van der Waals surface area contributed by atoms with Gasteiger partial charge in [0, 0.05) is 25.5 Å². The van der Waals surface area contributed by atoms with E-state index in [0.717, 1.165) is 0 Å². The molecule has 0 bridgehead atoms. The largest absolute Gasteiger partial charge is 0.481 e. The Labute approximate surface area is 103 Å². The molecule has 1 atom stereocenters. The summed E-state index contributed by atoms with van der Waals surface area (Å²) >= 11 is 0. The van der Waals surface area contributed by atoms with Crippen LogP contribution in [0.3, 0.4) is 0 Å². The van der Waals surface area contributed by atoms with Crippen molar-refractivity contribution >= 4 is 12.3 Å². The molecule has 0 fully saturated rings. The van der Waals surface area contributed by atoms with Crippen molar-refractivity contribution in [2.45, 2.75) is 25.4 Å². The van der Waals surface area contributed by atoms with Crippen LogP contribution in [0.4, 0.5) is 0 Å². The lowest BCUT2D eigenvalue weighted by atomic mass is 10.0. The van der Waals surface area contributed by atoms with Crippen LogP contribution in [-0.2, 0) is 14.3 Å². The fourth-order valence-corrected chi connectivity index (χ4v) is 1.55. The number of aldehydes is 1. The van der Waals surface area contributed by atoms with Gasteiger partial charge in [-0.25, -0.2) is 0 Å². The van der Waals surface area contributed by atoms with Gasteiger partial charge in [0.25, 0.3) is 5.70 Å². The summed E-state index contributed by atoms with van der Waals surface area (Å²) in [5.74, 6) is -0.901. The van der Waals surface area contributed by atoms with Crippen molar-refractivity contribution in [1.29, 1.82) is 0 Å². The number of ether oxygens (including phenoxy) is 1. The monoisotopic (exact) mass is 255 g/mol. The molecular weight excluding hydrogens is 242 g/mol. The average Bonchev–Trinajstić information content (AvgIpc) is 2.33. The van der Waals surface area contributed by atoms with Gasteiger partial charge in [0.1, 0.15) is 0 Å². The van der Waals surface area contributed by atoms with E-state index in [1.165, 1.54) is 12.2 Å².